The van der Waals surface area contributed by atoms with Gasteiger partial charge in [-0.05, 0) is 30.3 Å². The minimum absolute atomic E-state index is 0.108. The second-order valence-electron chi connectivity index (χ2n) is 6.44. The average Bonchev–Trinajstić information content (AvgIpc) is 2.69. The largest absolute Gasteiger partial charge is 0.343 e. The lowest BCUT2D eigenvalue weighted by Gasteiger charge is -2.34. The second-order valence-corrected chi connectivity index (χ2v) is 6.44. The number of amides is 2. The van der Waals surface area contributed by atoms with Crippen LogP contribution in [0.5, 0.6) is 0 Å². The number of nitrogens with one attached hydrogen (secondary N) is 1. The van der Waals surface area contributed by atoms with Crippen LogP contribution in [0.15, 0.2) is 48.5 Å². The first-order chi connectivity index (χ1) is 13.0. The van der Waals surface area contributed by atoms with E-state index in [9.17, 15) is 18.4 Å². The van der Waals surface area contributed by atoms with Gasteiger partial charge in [0.15, 0.2) is 0 Å². The smallest absolute Gasteiger partial charge is 0.251 e. The van der Waals surface area contributed by atoms with E-state index in [0.29, 0.717) is 43.9 Å². The lowest BCUT2D eigenvalue weighted by Crippen LogP contribution is -2.50. The van der Waals surface area contributed by atoms with Gasteiger partial charge in [0.1, 0.15) is 11.6 Å². The highest BCUT2D eigenvalue weighted by Crippen LogP contribution is 2.12. The number of benzene rings is 2. The zero-order chi connectivity index (χ0) is 19.2. The van der Waals surface area contributed by atoms with Gasteiger partial charge in [-0.2, -0.15) is 0 Å². The van der Waals surface area contributed by atoms with Crippen LogP contribution in [0, 0.1) is 11.6 Å². The van der Waals surface area contributed by atoms with Crippen LogP contribution in [0.1, 0.15) is 15.9 Å². The van der Waals surface area contributed by atoms with Gasteiger partial charge in [0.05, 0.1) is 6.54 Å². The van der Waals surface area contributed by atoms with Gasteiger partial charge in [-0.3, -0.25) is 14.5 Å². The van der Waals surface area contributed by atoms with Crippen molar-refractivity contribution in [1.29, 1.82) is 0 Å². The van der Waals surface area contributed by atoms with Crippen molar-refractivity contribution in [3.8, 4) is 0 Å². The molecule has 1 aliphatic rings. The van der Waals surface area contributed by atoms with Crippen LogP contribution in [0.25, 0.3) is 0 Å². The minimum Gasteiger partial charge on any atom is -0.343 e. The van der Waals surface area contributed by atoms with Crippen LogP contribution in [0.3, 0.4) is 0 Å². The Kier molecular flexibility index (Phi) is 6.13. The quantitative estimate of drug-likeness (QED) is 0.873. The zero-order valence-electron chi connectivity index (χ0n) is 14.8. The summed E-state index contributed by atoms with van der Waals surface area (Å²) < 4.78 is 26.6. The molecule has 142 valence electrons. The van der Waals surface area contributed by atoms with Gasteiger partial charge in [0.2, 0.25) is 5.91 Å². The summed E-state index contributed by atoms with van der Waals surface area (Å²) in [6.45, 7) is 2.75. The molecule has 2 aromatic rings. The Morgan fingerprint density at radius 2 is 1.59 bits per heavy atom. The fourth-order valence-corrected chi connectivity index (χ4v) is 2.99. The SMILES string of the molecule is O=C(NCC(=O)N1CCN(Cc2ccccc2F)CC1)c1ccc(F)cc1. The first kappa shape index (κ1) is 19.0. The van der Waals surface area contributed by atoms with Crippen molar-refractivity contribution in [2.75, 3.05) is 32.7 Å². The topological polar surface area (TPSA) is 52.7 Å². The third-order valence-corrected chi connectivity index (χ3v) is 4.58. The number of rotatable bonds is 5. The highest BCUT2D eigenvalue weighted by atomic mass is 19.1. The maximum atomic E-state index is 13.7. The van der Waals surface area contributed by atoms with Gasteiger partial charge in [-0.25, -0.2) is 8.78 Å². The maximum absolute atomic E-state index is 13.7. The number of halogens is 2. The van der Waals surface area contributed by atoms with Crippen LogP contribution in [-0.2, 0) is 11.3 Å². The number of carbonyl (C=O) groups excluding carboxylic acids is 2. The molecular weight excluding hydrogens is 352 g/mol. The molecule has 2 amide bonds. The van der Waals surface area contributed by atoms with E-state index >= 15 is 0 Å². The molecule has 3 rings (SSSR count). The highest BCUT2D eigenvalue weighted by Gasteiger charge is 2.22. The molecule has 7 heteroatoms. The first-order valence-corrected chi connectivity index (χ1v) is 8.80. The molecular formula is C20H21F2N3O2. The van der Waals surface area contributed by atoms with Crippen molar-refractivity contribution < 1.29 is 18.4 Å². The van der Waals surface area contributed by atoms with Crippen LogP contribution in [0.2, 0.25) is 0 Å². The number of carbonyl (C=O) groups is 2. The Bertz CT molecular complexity index is 803. The summed E-state index contributed by atoms with van der Waals surface area (Å²) in [5.74, 6) is -1.23. The Hall–Kier alpha value is -2.80. The molecule has 0 spiro atoms. The highest BCUT2D eigenvalue weighted by molar-refractivity contribution is 5.96. The van der Waals surface area contributed by atoms with Gasteiger partial charge >= 0.3 is 0 Å². The van der Waals surface area contributed by atoms with E-state index in [4.69, 9.17) is 0 Å². The van der Waals surface area contributed by atoms with Crippen molar-refractivity contribution in [3.63, 3.8) is 0 Å². The zero-order valence-corrected chi connectivity index (χ0v) is 14.8. The fraction of sp³-hybridized carbons (Fsp3) is 0.300. The van der Waals surface area contributed by atoms with Crippen molar-refractivity contribution in [2.45, 2.75) is 6.54 Å². The predicted molar refractivity (Wildman–Crippen MR) is 97.0 cm³/mol. The van der Waals surface area contributed by atoms with Crippen molar-refractivity contribution in [1.82, 2.24) is 15.1 Å². The van der Waals surface area contributed by atoms with Crippen LogP contribution in [0.4, 0.5) is 8.78 Å². The van der Waals surface area contributed by atoms with Gasteiger partial charge in [-0.15, -0.1) is 0 Å². The van der Waals surface area contributed by atoms with Gasteiger partial charge < -0.3 is 10.2 Å². The molecule has 0 saturated carbocycles. The lowest BCUT2D eigenvalue weighted by molar-refractivity contribution is -0.131. The third-order valence-electron chi connectivity index (χ3n) is 4.58. The first-order valence-electron chi connectivity index (χ1n) is 8.80. The molecule has 0 aliphatic carbocycles. The molecule has 0 atom stereocenters. The number of nitrogens with zero attached hydrogens (tertiary/aromatic N) is 2. The fourth-order valence-electron chi connectivity index (χ4n) is 2.99. The molecule has 5 nitrogen and oxygen atoms in total. The molecule has 1 saturated heterocycles. The molecule has 0 aromatic heterocycles. The summed E-state index contributed by atoms with van der Waals surface area (Å²) in [5, 5.41) is 2.56. The lowest BCUT2D eigenvalue weighted by atomic mass is 10.2. The van der Waals surface area contributed by atoms with Crippen LogP contribution in [-0.4, -0.2) is 54.3 Å². The van der Waals surface area contributed by atoms with Crippen LogP contribution >= 0.6 is 0 Å². The Labute approximate surface area is 156 Å². The van der Waals surface area contributed by atoms with Crippen molar-refractivity contribution in [2.24, 2.45) is 0 Å². The van der Waals surface area contributed by atoms with E-state index in [1.807, 2.05) is 6.07 Å². The number of piperazine rings is 1. The van der Waals surface area contributed by atoms with E-state index in [2.05, 4.69) is 10.2 Å². The minimum atomic E-state index is -0.420. The van der Waals surface area contributed by atoms with Crippen LogP contribution < -0.4 is 5.32 Å². The monoisotopic (exact) mass is 373 g/mol. The molecule has 27 heavy (non-hydrogen) atoms. The molecule has 1 aliphatic heterocycles. The van der Waals surface area contributed by atoms with E-state index in [1.54, 1.807) is 17.0 Å². The molecule has 0 unspecified atom stereocenters. The summed E-state index contributed by atoms with van der Waals surface area (Å²) >= 11 is 0. The summed E-state index contributed by atoms with van der Waals surface area (Å²) in [4.78, 5) is 28.0. The molecule has 1 N–H and O–H groups in total. The van der Waals surface area contributed by atoms with Crippen molar-refractivity contribution in [3.05, 3.63) is 71.3 Å². The predicted octanol–water partition coefficient (Wildman–Crippen LogP) is 2.04. The van der Waals surface area contributed by atoms with E-state index in [1.165, 1.54) is 30.3 Å². The second kappa shape index (κ2) is 8.73. The van der Waals surface area contributed by atoms with Gasteiger partial charge in [0.25, 0.3) is 5.91 Å². The number of hydrogen-bond acceptors (Lipinski definition) is 3. The third kappa shape index (κ3) is 5.10. The van der Waals surface area contributed by atoms with E-state index in [0.717, 1.165) is 0 Å². The molecule has 2 aromatic carbocycles. The summed E-state index contributed by atoms with van der Waals surface area (Å²) in [6.07, 6.45) is 0. The molecule has 1 heterocycles. The average molecular weight is 373 g/mol. The van der Waals surface area contributed by atoms with Crippen molar-refractivity contribution >= 4 is 11.8 Å². The molecule has 0 bridgehead atoms. The normalized spacial score (nSPS) is 14.8. The van der Waals surface area contributed by atoms with Gasteiger partial charge in [0, 0.05) is 43.9 Å². The Balaban J connectivity index is 1.44. The Morgan fingerprint density at radius 1 is 0.926 bits per heavy atom. The molecule has 0 radical (unpaired) electrons. The summed E-state index contributed by atoms with van der Waals surface area (Å²) in [6, 6.07) is 11.8. The maximum Gasteiger partial charge on any atom is 0.251 e. The van der Waals surface area contributed by atoms with Gasteiger partial charge in [-0.1, -0.05) is 18.2 Å². The Morgan fingerprint density at radius 3 is 2.26 bits per heavy atom. The standard InChI is InChI=1S/C20H21F2N3O2/c21-17-7-5-15(6-8-17)20(27)23-13-19(26)25-11-9-24(10-12-25)14-16-3-1-2-4-18(16)22/h1-8H,9-14H2,(H,23,27). The summed E-state index contributed by atoms with van der Waals surface area (Å²) in [7, 11) is 0. The summed E-state index contributed by atoms with van der Waals surface area (Å²) in [5.41, 5.74) is 0.947. The van der Waals surface area contributed by atoms with E-state index in [-0.39, 0.29) is 18.3 Å². The number of hydrogen-bond donors (Lipinski definition) is 1. The van der Waals surface area contributed by atoms with E-state index < -0.39 is 11.7 Å². The molecule has 1 fully saturated rings.